The molecule has 2 aromatic rings. The largest absolute Gasteiger partial charge is 0.475 e. The van der Waals surface area contributed by atoms with E-state index in [0.717, 1.165) is 19.4 Å². The molecule has 7 nitrogen and oxygen atoms in total. The van der Waals surface area contributed by atoms with Crippen LogP contribution in [0.25, 0.3) is 0 Å². The van der Waals surface area contributed by atoms with E-state index >= 15 is 0 Å². The Morgan fingerprint density at radius 2 is 2.25 bits per heavy atom. The molecular weight excluding hydrogens is 308 g/mol. The average molecular weight is 330 g/mol. The highest BCUT2D eigenvalue weighted by molar-refractivity contribution is 5.96. The summed E-state index contributed by atoms with van der Waals surface area (Å²) in [7, 11) is 1.61. The molecule has 0 N–H and O–H groups in total. The van der Waals surface area contributed by atoms with Gasteiger partial charge in [-0.25, -0.2) is 4.98 Å². The lowest BCUT2D eigenvalue weighted by atomic mass is 10.2. The molecule has 0 aromatic carbocycles. The van der Waals surface area contributed by atoms with Crippen LogP contribution in [0.5, 0.6) is 5.88 Å². The van der Waals surface area contributed by atoms with Crippen molar-refractivity contribution in [1.29, 1.82) is 0 Å². The molecule has 1 fully saturated rings. The molecule has 1 aliphatic heterocycles. The number of likely N-dealkylation sites (tertiary alicyclic amines) is 1. The highest BCUT2D eigenvalue weighted by Gasteiger charge is 2.31. The van der Waals surface area contributed by atoms with E-state index in [1.54, 1.807) is 31.6 Å². The van der Waals surface area contributed by atoms with Gasteiger partial charge in [0, 0.05) is 32.2 Å². The van der Waals surface area contributed by atoms with Crippen molar-refractivity contribution in [1.82, 2.24) is 19.7 Å². The van der Waals surface area contributed by atoms with Gasteiger partial charge in [0.15, 0.2) is 0 Å². The minimum absolute atomic E-state index is 0.0369. The zero-order valence-electron chi connectivity index (χ0n) is 13.8. The molecule has 3 rings (SSSR count). The van der Waals surface area contributed by atoms with Crippen molar-refractivity contribution in [2.24, 2.45) is 0 Å². The van der Waals surface area contributed by atoms with Crippen molar-refractivity contribution in [3.8, 4) is 5.88 Å². The number of carbonyl (C=O) groups is 1. The topological polar surface area (TPSA) is 69.5 Å². The Kier molecular flexibility index (Phi) is 5.43. The minimum Gasteiger partial charge on any atom is -0.475 e. The molecule has 0 radical (unpaired) electrons. The van der Waals surface area contributed by atoms with Crippen LogP contribution >= 0.6 is 0 Å². The van der Waals surface area contributed by atoms with Gasteiger partial charge >= 0.3 is 0 Å². The molecular formula is C17H22N4O3. The van der Waals surface area contributed by atoms with Crippen LogP contribution in [0.2, 0.25) is 0 Å². The summed E-state index contributed by atoms with van der Waals surface area (Å²) in [6.45, 7) is 2.27. The first-order chi connectivity index (χ1) is 11.8. The van der Waals surface area contributed by atoms with Crippen LogP contribution in [0.4, 0.5) is 0 Å². The number of pyridine rings is 1. The molecule has 0 aliphatic carbocycles. The van der Waals surface area contributed by atoms with Crippen molar-refractivity contribution in [3.05, 3.63) is 42.4 Å². The summed E-state index contributed by atoms with van der Waals surface area (Å²) in [5, 5.41) is 4.24. The zero-order valence-corrected chi connectivity index (χ0v) is 13.8. The third-order valence-electron chi connectivity index (χ3n) is 4.12. The van der Waals surface area contributed by atoms with Gasteiger partial charge in [-0.3, -0.25) is 9.48 Å². The number of rotatable bonds is 7. The number of amides is 1. The van der Waals surface area contributed by atoms with Crippen LogP contribution in [-0.4, -0.2) is 58.5 Å². The van der Waals surface area contributed by atoms with Crippen molar-refractivity contribution in [2.45, 2.75) is 25.4 Å². The van der Waals surface area contributed by atoms with Gasteiger partial charge in [-0.05, 0) is 31.0 Å². The van der Waals surface area contributed by atoms with Crippen molar-refractivity contribution >= 4 is 5.91 Å². The second kappa shape index (κ2) is 7.92. The summed E-state index contributed by atoms with van der Waals surface area (Å²) >= 11 is 0. The summed E-state index contributed by atoms with van der Waals surface area (Å²) in [6.07, 6.45) is 7.28. The fourth-order valence-corrected chi connectivity index (χ4v) is 2.96. The molecule has 0 bridgehead atoms. The molecule has 0 unspecified atom stereocenters. The number of hydrogen-bond acceptors (Lipinski definition) is 5. The number of ether oxygens (including phenoxy) is 2. The van der Waals surface area contributed by atoms with Gasteiger partial charge in [-0.1, -0.05) is 0 Å². The summed E-state index contributed by atoms with van der Waals surface area (Å²) in [5.41, 5.74) is 0.501. The SMILES string of the molecule is COCCOc1ncccc1C(=O)N1CCC[C@H]1Cn1cccn1. The van der Waals surface area contributed by atoms with E-state index in [1.165, 1.54) is 0 Å². The molecule has 3 heterocycles. The minimum atomic E-state index is -0.0369. The highest BCUT2D eigenvalue weighted by atomic mass is 16.5. The molecule has 0 spiro atoms. The van der Waals surface area contributed by atoms with Gasteiger partial charge in [0.25, 0.3) is 5.91 Å². The van der Waals surface area contributed by atoms with Crippen LogP contribution in [-0.2, 0) is 11.3 Å². The van der Waals surface area contributed by atoms with E-state index in [2.05, 4.69) is 10.1 Å². The number of methoxy groups -OCH3 is 1. The molecule has 24 heavy (non-hydrogen) atoms. The fourth-order valence-electron chi connectivity index (χ4n) is 2.96. The number of aromatic nitrogens is 3. The lowest BCUT2D eigenvalue weighted by Crippen LogP contribution is -2.38. The zero-order chi connectivity index (χ0) is 16.8. The Hall–Kier alpha value is -2.41. The van der Waals surface area contributed by atoms with Crippen molar-refractivity contribution < 1.29 is 14.3 Å². The lowest BCUT2D eigenvalue weighted by Gasteiger charge is -2.25. The Morgan fingerprint density at radius 3 is 3.04 bits per heavy atom. The molecule has 0 saturated carbocycles. The Bertz CT molecular complexity index is 660. The van der Waals surface area contributed by atoms with Crippen LogP contribution < -0.4 is 4.74 Å². The van der Waals surface area contributed by atoms with Crippen LogP contribution in [0.3, 0.4) is 0 Å². The molecule has 1 atom stereocenters. The van der Waals surface area contributed by atoms with E-state index in [1.807, 2.05) is 21.8 Å². The maximum atomic E-state index is 13.0. The number of carbonyl (C=O) groups excluding carboxylic acids is 1. The summed E-state index contributed by atoms with van der Waals surface area (Å²) in [4.78, 5) is 19.1. The fraction of sp³-hybridized carbons (Fsp3) is 0.471. The van der Waals surface area contributed by atoms with Crippen molar-refractivity contribution in [2.75, 3.05) is 26.9 Å². The van der Waals surface area contributed by atoms with Crippen LogP contribution in [0.1, 0.15) is 23.2 Å². The summed E-state index contributed by atoms with van der Waals surface area (Å²) in [6, 6.07) is 5.56. The lowest BCUT2D eigenvalue weighted by molar-refractivity contribution is 0.0713. The van der Waals surface area contributed by atoms with E-state index in [9.17, 15) is 4.79 Å². The first-order valence-corrected chi connectivity index (χ1v) is 8.14. The molecule has 1 saturated heterocycles. The summed E-state index contributed by atoms with van der Waals surface area (Å²) in [5.74, 6) is 0.328. The van der Waals surface area contributed by atoms with Gasteiger partial charge in [-0.15, -0.1) is 0 Å². The highest BCUT2D eigenvalue weighted by Crippen LogP contribution is 2.24. The van der Waals surface area contributed by atoms with Crippen LogP contribution in [0, 0.1) is 0 Å². The maximum absolute atomic E-state index is 13.0. The van der Waals surface area contributed by atoms with Gasteiger partial charge < -0.3 is 14.4 Å². The predicted molar refractivity (Wildman–Crippen MR) is 87.9 cm³/mol. The van der Waals surface area contributed by atoms with Crippen molar-refractivity contribution in [3.63, 3.8) is 0 Å². The van der Waals surface area contributed by atoms with E-state index in [-0.39, 0.29) is 11.9 Å². The first kappa shape index (κ1) is 16.4. The van der Waals surface area contributed by atoms with E-state index in [4.69, 9.17) is 9.47 Å². The second-order valence-corrected chi connectivity index (χ2v) is 5.72. The standard InChI is InChI=1S/C17H22N4O3/c1-23-11-12-24-16-15(6-2-7-18-16)17(22)21-10-3-5-14(21)13-20-9-4-8-19-20/h2,4,6-9,14H,3,5,10-13H2,1H3/t14-/m0/s1. The molecule has 2 aromatic heterocycles. The summed E-state index contributed by atoms with van der Waals surface area (Å²) < 4.78 is 12.5. The molecule has 128 valence electrons. The normalized spacial score (nSPS) is 17.2. The van der Waals surface area contributed by atoms with E-state index in [0.29, 0.717) is 31.2 Å². The monoisotopic (exact) mass is 330 g/mol. The quantitative estimate of drug-likeness (QED) is 0.721. The maximum Gasteiger partial charge on any atom is 0.259 e. The average Bonchev–Trinajstić information content (AvgIpc) is 3.27. The second-order valence-electron chi connectivity index (χ2n) is 5.72. The van der Waals surface area contributed by atoms with Gasteiger partial charge in [-0.2, -0.15) is 5.10 Å². The third kappa shape index (κ3) is 3.73. The molecule has 7 heteroatoms. The molecule has 1 amide bonds. The molecule has 1 aliphatic rings. The smallest absolute Gasteiger partial charge is 0.259 e. The van der Waals surface area contributed by atoms with Crippen LogP contribution in [0.15, 0.2) is 36.8 Å². The Morgan fingerprint density at radius 1 is 1.33 bits per heavy atom. The number of hydrogen-bond donors (Lipinski definition) is 0. The number of nitrogens with zero attached hydrogens (tertiary/aromatic N) is 4. The third-order valence-corrected chi connectivity index (χ3v) is 4.12. The van der Waals surface area contributed by atoms with Gasteiger partial charge in [0.2, 0.25) is 5.88 Å². The predicted octanol–water partition coefficient (Wildman–Crippen LogP) is 1.61. The van der Waals surface area contributed by atoms with Gasteiger partial charge in [0.05, 0.1) is 19.2 Å². The first-order valence-electron chi connectivity index (χ1n) is 8.14. The van der Waals surface area contributed by atoms with E-state index < -0.39 is 0 Å². The van der Waals surface area contributed by atoms with Gasteiger partial charge in [0.1, 0.15) is 12.2 Å². The Labute approximate surface area is 141 Å². The Balaban J connectivity index is 1.73.